The molecule has 1 aromatic carbocycles. The average Bonchev–Trinajstić information content (AvgIpc) is 2.94. The first kappa shape index (κ1) is 16.7. The zero-order valence-electron chi connectivity index (χ0n) is 12.9. The van der Waals surface area contributed by atoms with Crippen molar-refractivity contribution in [2.75, 3.05) is 18.5 Å². The molecule has 1 aliphatic heterocycles. The molecule has 4 nitrogen and oxygen atoms in total. The van der Waals surface area contributed by atoms with Crippen LogP contribution in [0.3, 0.4) is 0 Å². The third kappa shape index (κ3) is 3.40. The molecule has 0 amide bonds. The van der Waals surface area contributed by atoms with Crippen molar-refractivity contribution in [3.8, 4) is 0 Å². The van der Waals surface area contributed by atoms with E-state index in [0.29, 0.717) is 6.54 Å². The highest BCUT2D eigenvalue weighted by molar-refractivity contribution is 14.0. The molecule has 1 N–H and O–H groups in total. The van der Waals surface area contributed by atoms with Crippen molar-refractivity contribution < 1.29 is 0 Å². The van der Waals surface area contributed by atoms with Gasteiger partial charge < -0.3 is 10.2 Å². The molecule has 0 aliphatic carbocycles. The highest BCUT2D eigenvalue weighted by atomic mass is 127. The highest BCUT2D eigenvalue weighted by Gasteiger charge is 2.22. The number of nitrogens with zero attached hydrogens (tertiary/aromatic N) is 3. The number of fused-ring (bicyclic) bond motifs is 1. The second-order valence-electron chi connectivity index (χ2n) is 5.20. The van der Waals surface area contributed by atoms with E-state index in [1.54, 1.807) is 0 Å². The van der Waals surface area contributed by atoms with Gasteiger partial charge in [0.15, 0.2) is 5.96 Å². The maximum Gasteiger partial charge on any atom is 0.198 e. The standard InChI is InChI=1S/C17H20N4.HI/c1-13-6-5-10-19-15(13)12-20-17(18-2)21-11-9-14-7-3-4-8-16(14)21;/h3-8,10H,9,11-12H2,1-2H3,(H,18,20);1H. The van der Waals surface area contributed by atoms with Gasteiger partial charge in [0.25, 0.3) is 0 Å². The Morgan fingerprint density at radius 3 is 2.86 bits per heavy atom. The quantitative estimate of drug-likeness (QED) is 0.472. The third-order valence-corrected chi connectivity index (χ3v) is 3.89. The van der Waals surface area contributed by atoms with Crippen LogP contribution in [0.25, 0.3) is 0 Å². The lowest BCUT2D eigenvalue weighted by Crippen LogP contribution is -2.40. The van der Waals surface area contributed by atoms with Crippen LogP contribution in [0, 0.1) is 6.92 Å². The van der Waals surface area contributed by atoms with E-state index >= 15 is 0 Å². The van der Waals surface area contributed by atoms with Gasteiger partial charge in [-0.05, 0) is 36.6 Å². The summed E-state index contributed by atoms with van der Waals surface area (Å²) in [5, 5.41) is 3.42. The Kier molecular flexibility index (Phi) is 5.76. The number of hydrogen-bond acceptors (Lipinski definition) is 2. The van der Waals surface area contributed by atoms with Crippen LogP contribution < -0.4 is 10.2 Å². The largest absolute Gasteiger partial charge is 0.350 e. The van der Waals surface area contributed by atoms with Crippen molar-refractivity contribution >= 4 is 35.6 Å². The number of benzene rings is 1. The van der Waals surface area contributed by atoms with Gasteiger partial charge in [0.1, 0.15) is 0 Å². The predicted molar refractivity (Wildman–Crippen MR) is 102 cm³/mol. The lowest BCUT2D eigenvalue weighted by molar-refractivity contribution is 0.832. The predicted octanol–water partition coefficient (Wildman–Crippen LogP) is 3.15. The fraction of sp³-hybridized carbons (Fsp3) is 0.294. The number of guanidine groups is 1. The molecule has 0 fully saturated rings. The van der Waals surface area contributed by atoms with E-state index < -0.39 is 0 Å². The monoisotopic (exact) mass is 408 g/mol. The molecule has 3 rings (SSSR count). The van der Waals surface area contributed by atoms with Gasteiger partial charge >= 0.3 is 0 Å². The van der Waals surface area contributed by atoms with Crippen LogP contribution in [0.1, 0.15) is 16.8 Å². The molecular weight excluding hydrogens is 387 g/mol. The van der Waals surface area contributed by atoms with Crippen molar-refractivity contribution in [2.24, 2.45) is 4.99 Å². The van der Waals surface area contributed by atoms with Gasteiger partial charge in [-0.1, -0.05) is 24.3 Å². The summed E-state index contributed by atoms with van der Waals surface area (Å²) in [7, 11) is 1.83. The van der Waals surface area contributed by atoms with E-state index in [1.165, 1.54) is 16.8 Å². The fourth-order valence-electron chi connectivity index (χ4n) is 2.72. The summed E-state index contributed by atoms with van der Waals surface area (Å²) in [6.45, 7) is 3.75. The van der Waals surface area contributed by atoms with Crippen LogP contribution in [-0.2, 0) is 13.0 Å². The van der Waals surface area contributed by atoms with Crippen molar-refractivity contribution in [3.63, 3.8) is 0 Å². The number of aromatic nitrogens is 1. The summed E-state index contributed by atoms with van der Waals surface area (Å²) in [5.41, 5.74) is 4.89. The second kappa shape index (κ2) is 7.58. The normalized spacial score (nSPS) is 13.5. The SMILES string of the molecule is CN=C(NCc1ncccc1C)N1CCc2ccccc21.I. The molecule has 2 aromatic rings. The van der Waals surface area contributed by atoms with Crippen LogP contribution in [0.15, 0.2) is 47.6 Å². The van der Waals surface area contributed by atoms with Gasteiger partial charge in [0, 0.05) is 25.5 Å². The van der Waals surface area contributed by atoms with E-state index in [9.17, 15) is 0 Å². The van der Waals surface area contributed by atoms with Crippen molar-refractivity contribution in [3.05, 3.63) is 59.4 Å². The summed E-state index contributed by atoms with van der Waals surface area (Å²) in [6.07, 6.45) is 2.90. The minimum atomic E-state index is 0. The smallest absolute Gasteiger partial charge is 0.198 e. The Labute approximate surface area is 148 Å². The van der Waals surface area contributed by atoms with Crippen LogP contribution in [-0.4, -0.2) is 24.5 Å². The minimum Gasteiger partial charge on any atom is -0.350 e. The Hall–Kier alpha value is -1.63. The molecule has 1 aliphatic rings. The number of rotatable bonds is 2. The molecule has 2 heterocycles. The minimum absolute atomic E-state index is 0. The van der Waals surface area contributed by atoms with Crippen molar-refractivity contribution in [1.82, 2.24) is 10.3 Å². The molecule has 116 valence electrons. The molecule has 0 saturated heterocycles. The number of pyridine rings is 1. The van der Waals surface area contributed by atoms with Crippen LogP contribution in [0.4, 0.5) is 5.69 Å². The summed E-state index contributed by atoms with van der Waals surface area (Å²) >= 11 is 0. The molecule has 0 bridgehead atoms. The van der Waals surface area contributed by atoms with E-state index in [0.717, 1.165) is 24.6 Å². The summed E-state index contributed by atoms with van der Waals surface area (Å²) in [6, 6.07) is 12.6. The van der Waals surface area contributed by atoms with E-state index in [4.69, 9.17) is 0 Å². The Morgan fingerprint density at radius 1 is 1.27 bits per heavy atom. The van der Waals surface area contributed by atoms with Crippen molar-refractivity contribution in [1.29, 1.82) is 0 Å². The highest BCUT2D eigenvalue weighted by Crippen LogP contribution is 2.27. The number of aliphatic imine (C=N–C) groups is 1. The van der Waals surface area contributed by atoms with E-state index in [-0.39, 0.29) is 24.0 Å². The Morgan fingerprint density at radius 2 is 2.09 bits per heavy atom. The molecule has 0 unspecified atom stereocenters. The molecule has 0 atom stereocenters. The first-order valence-corrected chi connectivity index (χ1v) is 7.26. The molecular formula is C17H21IN4. The molecule has 22 heavy (non-hydrogen) atoms. The number of para-hydroxylation sites is 1. The zero-order valence-corrected chi connectivity index (χ0v) is 15.2. The summed E-state index contributed by atoms with van der Waals surface area (Å²) < 4.78 is 0. The maximum absolute atomic E-state index is 4.42. The van der Waals surface area contributed by atoms with Gasteiger partial charge in [-0.15, -0.1) is 24.0 Å². The second-order valence-corrected chi connectivity index (χ2v) is 5.20. The fourth-order valence-corrected chi connectivity index (χ4v) is 2.72. The molecule has 5 heteroatoms. The van der Waals surface area contributed by atoms with Crippen LogP contribution >= 0.6 is 24.0 Å². The lowest BCUT2D eigenvalue weighted by atomic mass is 10.2. The third-order valence-electron chi connectivity index (χ3n) is 3.89. The molecule has 0 radical (unpaired) electrons. The number of halogens is 1. The van der Waals surface area contributed by atoms with Crippen LogP contribution in [0.2, 0.25) is 0 Å². The zero-order chi connectivity index (χ0) is 14.7. The Bertz CT molecular complexity index is 669. The van der Waals surface area contributed by atoms with E-state index in [1.807, 2.05) is 19.3 Å². The topological polar surface area (TPSA) is 40.5 Å². The molecule has 0 spiro atoms. The van der Waals surface area contributed by atoms with Gasteiger partial charge in [-0.3, -0.25) is 9.98 Å². The Balaban J connectivity index is 0.00000176. The molecule has 0 saturated carbocycles. The first-order chi connectivity index (χ1) is 10.3. The van der Waals surface area contributed by atoms with Gasteiger partial charge in [0.05, 0.1) is 12.2 Å². The summed E-state index contributed by atoms with van der Waals surface area (Å²) in [4.78, 5) is 11.1. The van der Waals surface area contributed by atoms with Crippen molar-refractivity contribution in [2.45, 2.75) is 19.9 Å². The summed E-state index contributed by atoms with van der Waals surface area (Å²) in [5.74, 6) is 0.907. The van der Waals surface area contributed by atoms with Crippen LogP contribution in [0.5, 0.6) is 0 Å². The first-order valence-electron chi connectivity index (χ1n) is 7.26. The number of anilines is 1. The van der Waals surface area contributed by atoms with Gasteiger partial charge in [-0.2, -0.15) is 0 Å². The maximum atomic E-state index is 4.42. The number of aryl methyl sites for hydroxylation is 1. The van der Waals surface area contributed by atoms with E-state index in [2.05, 4.69) is 57.4 Å². The average molecular weight is 408 g/mol. The number of nitrogens with one attached hydrogen (secondary N) is 1. The molecule has 1 aromatic heterocycles. The van der Waals surface area contributed by atoms with Gasteiger partial charge in [0.2, 0.25) is 0 Å². The number of hydrogen-bond donors (Lipinski definition) is 1. The lowest BCUT2D eigenvalue weighted by Gasteiger charge is -2.22. The van der Waals surface area contributed by atoms with Gasteiger partial charge in [-0.25, -0.2) is 0 Å².